The van der Waals surface area contributed by atoms with Crippen molar-refractivity contribution in [2.75, 3.05) is 49.1 Å². The summed E-state index contributed by atoms with van der Waals surface area (Å²) in [5.74, 6) is 0.606. The lowest BCUT2D eigenvalue weighted by Gasteiger charge is -2.36. The molecule has 4 rings (SSSR count). The Labute approximate surface area is 180 Å². The zero-order chi connectivity index (χ0) is 19.7. The number of halogens is 1. The van der Waals surface area contributed by atoms with Crippen molar-refractivity contribution < 1.29 is 4.79 Å². The molecule has 2 aromatic carbocycles. The van der Waals surface area contributed by atoms with Crippen molar-refractivity contribution >= 4 is 29.7 Å². The fourth-order valence-corrected chi connectivity index (χ4v) is 4.53. The maximum absolute atomic E-state index is 12.0. The predicted molar refractivity (Wildman–Crippen MR) is 124 cm³/mol. The van der Waals surface area contributed by atoms with Crippen molar-refractivity contribution in [1.29, 1.82) is 0 Å². The Morgan fingerprint density at radius 2 is 1.72 bits per heavy atom. The van der Waals surface area contributed by atoms with E-state index in [4.69, 9.17) is 0 Å². The van der Waals surface area contributed by atoms with Gasteiger partial charge in [0.1, 0.15) is 0 Å². The van der Waals surface area contributed by atoms with Crippen molar-refractivity contribution in [3.05, 3.63) is 59.2 Å². The molecule has 5 heteroatoms. The molecule has 0 aromatic heterocycles. The van der Waals surface area contributed by atoms with Gasteiger partial charge in [-0.05, 0) is 61.7 Å². The van der Waals surface area contributed by atoms with Gasteiger partial charge in [0, 0.05) is 56.9 Å². The summed E-state index contributed by atoms with van der Waals surface area (Å²) in [5, 5.41) is 0. The third kappa shape index (κ3) is 4.59. The number of anilines is 2. The number of benzene rings is 2. The van der Waals surface area contributed by atoms with Crippen LogP contribution in [0.5, 0.6) is 0 Å². The van der Waals surface area contributed by atoms with Crippen LogP contribution >= 0.6 is 12.4 Å². The first-order chi connectivity index (χ1) is 13.5. The van der Waals surface area contributed by atoms with E-state index < -0.39 is 0 Å². The third-order valence-electron chi connectivity index (χ3n) is 6.47. The fraction of sp³-hybridized carbons (Fsp3) is 0.458. The molecular weight excluding hydrogens is 382 g/mol. The molecule has 1 amide bonds. The molecule has 0 radical (unpaired) electrons. The lowest BCUT2D eigenvalue weighted by atomic mass is 9.97. The van der Waals surface area contributed by atoms with Crippen LogP contribution in [0.4, 0.5) is 11.4 Å². The second kappa shape index (κ2) is 9.19. The average molecular weight is 414 g/mol. The second-order valence-corrected chi connectivity index (χ2v) is 8.27. The summed E-state index contributed by atoms with van der Waals surface area (Å²) in [6.45, 7) is 12.4. The van der Waals surface area contributed by atoms with Gasteiger partial charge in [-0.2, -0.15) is 0 Å². The van der Waals surface area contributed by atoms with Crippen LogP contribution in [0.25, 0.3) is 0 Å². The van der Waals surface area contributed by atoms with E-state index in [0.717, 1.165) is 51.4 Å². The van der Waals surface area contributed by atoms with Gasteiger partial charge in [0.2, 0.25) is 5.91 Å². The minimum Gasteiger partial charge on any atom is -0.369 e. The molecule has 0 aliphatic carbocycles. The van der Waals surface area contributed by atoms with Gasteiger partial charge < -0.3 is 9.80 Å². The van der Waals surface area contributed by atoms with E-state index in [-0.39, 0.29) is 18.3 Å². The molecule has 1 saturated heterocycles. The summed E-state index contributed by atoms with van der Waals surface area (Å²) >= 11 is 0. The number of carbonyl (C=O) groups is 1. The second-order valence-electron chi connectivity index (χ2n) is 8.27. The van der Waals surface area contributed by atoms with Crippen molar-refractivity contribution in [3.8, 4) is 0 Å². The van der Waals surface area contributed by atoms with Crippen LogP contribution in [-0.4, -0.2) is 50.1 Å². The zero-order valence-corrected chi connectivity index (χ0v) is 18.5. The summed E-state index contributed by atoms with van der Waals surface area (Å²) in [7, 11) is 0. The predicted octanol–water partition coefficient (Wildman–Crippen LogP) is 4.39. The molecule has 29 heavy (non-hydrogen) atoms. The third-order valence-corrected chi connectivity index (χ3v) is 6.47. The Bertz CT molecular complexity index is 861. The highest BCUT2D eigenvalue weighted by Crippen LogP contribution is 2.38. The number of amides is 1. The summed E-state index contributed by atoms with van der Waals surface area (Å²) in [6.07, 6.45) is 1.12. The fourth-order valence-electron chi connectivity index (χ4n) is 4.53. The Balaban J connectivity index is 0.00000240. The topological polar surface area (TPSA) is 26.8 Å². The van der Waals surface area contributed by atoms with E-state index in [1.54, 1.807) is 6.92 Å². The maximum Gasteiger partial charge on any atom is 0.223 e. The average Bonchev–Trinajstić information content (AvgIpc) is 3.08. The van der Waals surface area contributed by atoms with Crippen molar-refractivity contribution in [2.45, 2.75) is 33.1 Å². The molecule has 1 unspecified atom stereocenters. The molecule has 2 aromatic rings. The van der Waals surface area contributed by atoms with E-state index in [0.29, 0.717) is 5.92 Å². The maximum atomic E-state index is 12.0. The number of carbonyl (C=O) groups excluding carboxylic acids is 1. The molecule has 156 valence electrons. The molecule has 1 atom stereocenters. The molecule has 2 aliphatic heterocycles. The van der Waals surface area contributed by atoms with Gasteiger partial charge in [0.05, 0.1) is 0 Å². The number of rotatable bonds is 4. The molecule has 0 saturated carbocycles. The molecule has 2 aliphatic rings. The highest BCUT2D eigenvalue weighted by molar-refractivity contribution is 5.94. The van der Waals surface area contributed by atoms with Crippen LogP contribution in [0.15, 0.2) is 42.5 Å². The number of piperazine rings is 1. The molecule has 0 bridgehead atoms. The van der Waals surface area contributed by atoms with E-state index in [2.05, 4.69) is 60.0 Å². The summed E-state index contributed by atoms with van der Waals surface area (Å²) in [5.41, 5.74) is 6.53. The minimum atomic E-state index is 0. The molecule has 4 nitrogen and oxygen atoms in total. The van der Waals surface area contributed by atoms with Gasteiger partial charge in [-0.25, -0.2) is 0 Å². The van der Waals surface area contributed by atoms with Crippen LogP contribution in [0.1, 0.15) is 36.0 Å². The standard InChI is InChI=1S/C24H31N3O.ClH/c1-18-8-9-22(16-19(18)2)26-14-12-25(13-15-26)11-10-21-17-27(20(3)28)24-7-5-4-6-23(21)24;/h4-9,16,21H,10-15,17H2,1-3H3;1H. The molecular formula is C24H32ClN3O. The van der Waals surface area contributed by atoms with Gasteiger partial charge in [0.25, 0.3) is 0 Å². The van der Waals surface area contributed by atoms with E-state index in [1.165, 1.54) is 22.4 Å². The van der Waals surface area contributed by atoms with Gasteiger partial charge >= 0.3 is 0 Å². The summed E-state index contributed by atoms with van der Waals surface area (Å²) in [6, 6.07) is 15.2. The summed E-state index contributed by atoms with van der Waals surface area (Å²) < 4.78 is 0. The molecule has 0 N–H and O–H groups in total. The molecule has 1 fully saturated rings. The van der Waals surface area contributed by atoms with E-state index in [9.17, 15) is 4.79 Å². The van der Waals surface area contributed by atoms with Crippen LogP contribution < -0.4 is 9.80 Å². The SMILES string of the molecule is CC(=O)N1CC(CCN2CCN(c3ccc(C)c(C)c3)CC2)c2ccccc21.Cl. The van der Waals surface area contributed by atoms with Crippen molar-refractivity contribution in [3.63, 3.8) is 0 Å². The first kappa shape index (κ1) is 21.7. The Kier molecular flexibility index (Phi) is 6.86. The first-order valence-corrected chi connectivity index (χ1v) is 10.4. The summed E-state index contributed by atoms with van der Waals surface area (Å²) in [4.78, 5) is 19.0. The lowest BCUT2D eigenvalue weighted by Crippen LogP contribution is -2.46. The Hall–Kier alpha value is -2.04. The largest absolute Gasteiger partial charge is 0.369 e. The number of fused-ring (bicyclic) bond motifs is 1. The van der Waals surface area contributed by atoms with E-state index >= 15 is 0 Å². The molecule has 0 spiro atoms. The van der Waals surface area contributed by atoms with Gasteiger partial charge in [0.15, 0.2) is 0 Å². The van der Waals surface area contributed by atoms with Crippen LogP contribution in [0.2, 0.25) is 0 Å². The quantitative estimate of drug-likeness (QED) is 0.743. The zero-order valence-electron chi connectivity index (χ0n) is 17.7. The van der Waals surface area contributed by atoms with Gasteiger partial charge in [-0.3, -0.25) is 9.69 Å². The highest BCUT2D eigenvalue weighted by atomic mass is 35.5. The lowest BCUT2D eigenvalue weighted by molar-refractivity contribution is -0.116. The monoisotopic (exact) mass is 413 g/mol. The van der Waals surface area contributed by atoms with Crippen LogP contribution in [0.3, 0.4) is 0 Å². The van der Waals surface area contributed by atoms with Crippen molar-refractivity contribution in [1.82, 2.24) is 4.90 Å². The highest BCUT2D eigenvalue weighted by Gasteiger charge is 2.30. The number of para-hydroxylation sites is 1. The van der Waals surface area contributed by atoms with Crippen molar-refractivity contribution in [2.24, 2.45) is 0 Å². The molecule has 2 heterocycles. The number of nitrogens with zero attached hydrogens (tertiary/aromatic N) is 3. The Morgan fingerprint density at radius 1 is 1.00 bits per heavy atom. The number of hydrogen-bond acceptors (Lipinski definition) is 3. The van der Waals surface area contributed by atoms with Crippen LogP contribution in [0, 0.1) is 13.8 Å². The number of aryl methyl sites for hydroxylation is 2. The van der Waals surface area contributed by atoms with Gasteiger partial charge in [-0.1, -0.05) is 24.3 Å². The normalized spacial score (nSPS) is 19.1. The first-order valence-electron chi connectivity index (χ1n) is 10.4. The van der Waals surface area contributed by atoms with Crippen LogP contribution in [-0.2, 0) is 4.79 Å². The van der Waals surface area contributed by atoms with Gasteiger partial charge in [-0.15, -0.1) is 12.4 Å². The van der Waals surface area contributed by atoms with E-state index in [1.807, 2.05) is 11.0 Å². The number of hydrogen-bond donors (Lipinski definition) is 0. The minimum absolute atomic E-state index is 0. The Morgan fingerprint density at radius 3 is 2.41 bits per heavy atom. The smallest absolute Gasteiger partial charge is 0.223 e.